The minimum absolute atomic E-state index is 0.355. The molecule has 148 valence electrons. The first-order valence-corrected chi connectivity index (χ1v) is 10.7. The third-order valence-corrected chi connectivity index (χ3v) is 6.26. The Morgan fingerprint density at radius 2 is 1.89 bits per heavy atom. The quantitative estimate of drug-likeness (QED) is 0.727. The Labute approximate surface area is 170 Å². The molecule has 0 aliphatic carbocycles. The molecule has 1 aromatic heterocycles. The number of nitrogens with zero attached hydrogens (tertiary/aromatic N) is 4. The van der Waals surface area contributed by atoms with Crippen LogP contribution in [0.15, 0.2) is 48.2 Å². The maximum atomic E-state index is 11.3. The van der Waals surface area contributed by atoms with E-state index in [9.17, 15) is 4.79 Å². The highest BCUT2D eigenvalue weighted by atomic mass is 32.1. The fraction of sp³-hybridized carbons (Fsp3) is 0.429. The molecule has 0 atom stereocenters. The zero-order valence-electron chi connectivity index (χ0n) is 16.1. The van der Waals surface area contributed by atoms with Gasteiger partial charge >= 0.3 is 0 Å². The van der Waals surface area contributed by atoms with Crippen LogP contribution in [0.3, 0.4) is 0 Å². The molecule has 0 spiro atoms. The van der Waals surface area contributed by atoms with E-state index < -0.39 is 0 Å². The van der Waals surface area contributed by atoms with E-state index in [2.05, 4.69) is 43.3 Å². The fourth-order valence-corrected chi connectivity index (χ4v) is 4.64. The van der Waals surface area contributed by atoms with Gasteiger partial charge in [-0.1, -0.05) is 24.3 Å². The van der Waals surface area contributed by atoms with Gasteiger partial charge in [0, 0.05) is 50.9 Å². The number of hydrogen-bond donors (Lipinski definition) is 1. The van der Waals surface area contributed by atoms with Crippen LogP contribution in [0.1, 0.15) is 12.8 Å². The number of amides is 1. The number of carbonyl (C=O) groups is 1. The van der Waals surface area contributed by atoms with E-state index in [0.717, 1.165) is 58.1 Å². The lowest BCUT2D eigenvalue weighted by molar-refractivity contribution is -0.114. The zero-order valence-corrected chi connectivity index (χ0v) is 16.9. The predicted molar refractivity (Wildman–Crippen MR) is 115 cm³/mol. The lowest BCUT2D eigenvalue weighted by atomic mass is 10.2. The van der Waals surface area contributed by atoms with Gasteiger partial charge in [-0.25, -0.2) is 0 Å². The van der Waals surface area contributed by atoms with Gasteiger partial charge < -0.3 is 15.5 Å². The number of fused-ring (bicyclic) bond motifs is 1. The second kappa shape index (κ2) is 8.75. The SMILES string of the molecule is NC(=O)C1=CN(CCCCN2CCN(c3nsc4ccccc34)CC2)CC=C1. The summed E-state index contributed by atoms with van der Waals surface area (Å²) in [4.78, 5) is 18.4. The van der Waals surface area contributed by atoms with Crippen molar-refractivity contribution >= 4 is 33.3 Å². The van der Waals surface area contributed by atoms with Gasteiger partial charge in [-0.15, -0.1) is 0 Å². The van der Waals surface area contributed by atoms with Crippen LogP contribution in [0.25, 0.3) is 10.1 Å². The minimum Gasteiger partial charge on any atom is -0.373 e. The normalized spacial score (nSPS) is 17.9. The van der Waals surface area contributed by atoms with Gasteiger partial charge in [0.25, 0.3) is 0 Å². The van der Waals surface area contributed by atoms with Gasteiger partial charge in [0.15, 0.2) is 0 Å². The first-order valence-electron chi connectivity index (χ1n) is 9.94. The van der Waals surface area contributed by atoms with Crippen LogP contribution in [0.2, 0.25) is 0 Å². The first kappa shape index (κ1) is 19.0. The van der Waals surface area contributed by atoms with Crippen molar-refractivity contribution in [2.75, 3.05) is 50.7 Å². The zero-order chi connectivity index (χ0) is 19.3. The number of anilines is 1. The first-order chi connectivity index (χ1) is 13.7. The third kappa shape index (κ3) is 4.36. The Kier molecular flexibility index (Phi) is 5.92. The van der Waals surface area contributed by atoms with Crippen LogP contribution in [-0.2, 0) is 4.79 Å². The Balaban J connectivity index is 1.19. The van der Waals surface area contributed by atoms with Crippen LogP contribution in [-0.4, -0.2) is 65.9 Å². The smallest absolute Gasteiger partial charge is 0.250 e. The van der Waals surface area contributed by atoms with Gasteiger partial charge in [-0.05, 0) is 43.1 Å². The lowest BCUT2D eigenvalue weighted by Crippen LogP contribution is -2.46. The van der Waals surface area contributed by atoms with Crippen molar-refractivity contribution in [2.45, 2.75) is 12.8 Å². The molecule has 0 unspecified atom stereocenters. The Morgan fingerprint density at radius 1 is 1.11 bits per heavy atom. The summed E-state index contributed by atoms with van der Waals surface area (Å²) in [5.41, 5.74) is 5.95. The second-order valence-electron chi connectivity index (χ2n) is 7.38. The average molecular weight is 398 g/mol. The molecule has 0 radical (unpaired) electrons. The maximum Gasteiger partial charge on any atom is 0.250 e. The number of piperazine rings is 1. The molecule has 2 aromatic rings. The van der Waals surface area contributed by atoms with Crippen LogP contribution < -0.4 is 10.6 Å². The third-order valence-electron chi connectivity index (χ3n) is 5.44. The number of rotatable bonds is 7. The molecule has 0 saturated carbocycles. The monoisotopic (exact) mass is 397 g/mol. The lowest BCUT2D eigenvalue weighted by Gasteiger charge is -2.35. The second-order valence-corrected chi connectivity index (χ2v) is 8.19. The minimum atomic E-state index is -0.355. The van der Waals surface area contributed by atoms with Gasteiger partial charge in [0.1, 0.15) is 5.82 Å². The molecule has 1 aromatic carbocycles. The Hall–Kier alpha value is -2.38. The van der Waals surface area contributed by atoms with Crippen LogP contribution in [0.5, 0.6) is 0 Å². The molecule has 4 rings (SSSR count). The highest BCUT2D eigenvalue weighted by Crippen LogP contribution is 2.29. The molecular weight excluding hydrogens is 370 g/mol. The van der Waals surface area contributed by atoms with Crippen molar-refractivity contribution in [1.82, 2.24) is 14.2 Å². The number of aromatic nitrogens is 1. The van der Waals surface area contributed by atoms with Crippen molar-refractivity contribution in [3.63, 3.8) is 0 Å². The molecule has 0 bridgehead atoms. The van der Waals surface area contributed by atoms with Gasteiger partial charge in [-0.3, -0.25) is 9.69 Å². The number of unbranched alkanes of at least 4 members (excludes halogenated alkanes) is 1. The molecule has 2 aliphatic rings. The molecule has 2 aliphatic heterocycles. The highest BCUT2D eigenvalue weighted by Gasteiger charge is 2.20. The van der Waals surface area contributed by atoms with Crippen molar-refractivity contribution in [3.05, 3.63) is 48.2 Å². The summed E-state index contributed by atoms with van der Waals surface area (Å²) < 4.78 is 5.95. The van der Waals surface area contributed by atoms with Crippen molar-refractivity contribution in [2.24, 2.45) is 5.73 Å². The summed E-state index contributed by atoms with van der Waals surface area (Å²) in [6, 6.07) is 8.49. The summed E-state index contributed by atoms with van der Waals surface area (Å²) in [6.45, 7) is 7.20. The van der Waals surface area contributed by atoms with Gasteiger partial charge in [0.2, 0.25) is 5.91 Å². The standard InChI is InChI=1S/C21H27N5OS/c22-20(27)17-6-5-11-25(16-17)10-4-3-9-24-12-14-26(15-13-24)21-18-7-1-2-8-19(18)28-23-21/h1-2,5-8,16H,3-4,9-15H2,(H2,22,27). The summed E-state index contributed by atoms with van der Waals surface area (Å²) >= 11 is 1.59. The van der Waals surface area contributed by atoms with E-state index in [-0.39, 0.29) is 5.91 Å². The fourth-order valence-electron chi connectivity index (χ4n) is 3.84. The summed E-state index contributed by atoms with van der Waals surface area (Å²) in [7, 11) is 0. The molecule has 1 fully saturated rings. The number of nitrogens with two attached hydrogens (primary N) is 1. The Bertz CT molecular complexity index is 882. The van der Waals surface area contributed by atoms with E-state index in [0.29, 0.717) is 5.57 Å². The van der Waals surface area contributed by atoms with Crippen molar-refractivity contribution in [1.29, 1.82) is 0 Å². The number of primary amides is 1. The summed E-state index contributed by atoms with van der Waals surface area (Å²) in [5, 5.41) is 1.28. The highest BCUT2D eigenvalue weighted by molar-refractivity contribution is 7.13. The Morgan fingerprint density at radius 3 is 2.71 bits per heavy atom. The van der Waals surface area contributed by atoms with E-state index in [1.54, 1.807) is 11.5 Å². The largest absolute Gasteiger partial charge is 0.373 e. The maximum absolute atomic E-state index is 11.3. The molecule has 28 heavy (non-hydrogen) atoms. The van der Waals surface area contributed by atoms with Crippen molar-refractivity contribution in [3.8, 4) is 0 Å². The van der Waals surface area contributed by atoms with Gasteiger partial charge in [0.05, 0.1) is 10.3 Å². The van der Waals surface area contributed by atoms with Crippen LogP contribution >= 0.6 is 11.5 Å². The number of carbonyl (C=O) groups excluding carboxylic acids is 1. The van der Waals surface area contributed by atoms with Gasteiger partial charge in [-0.2, -0.15) is 4.37 Å². The topological polar surface area (TPSA) is 65.7 Å². The van der Waals surface area contributed by atoms with Crippen LogP contribution in [0, 0.1) is 0 Å². The average Bonchev–Trinajstić information content (AvgIpc) is 3.16. The van der Waals surface area contributed by atoms with Crippen molar-refractivity contribution < 1.29 is 4.79 Å². The predicted octanol–water partition coefficient (Wildman–Crippen LogP) is 2.44. The number of benzene rings is 1. The van der Waals surface area contributed by atoms with E-state index in [1.807, 2.05) is 18.4 Å². The summed E-state index contributed by atoms with van der Waals surface area (Å²) in [6.07, 6.45) is 7.98. The van der Waals surface area contributed by atoms with E-state index >= 15 is 0 Å². The van der Waals surface area contributed by atoms with Crippen LogP contribution in [0.4, 0.5) is 5.82 Å². The molecule has 6 nitrogen and oxygen atoms in total. The molecule has 7 heteroatoms. The molecule has 1 amide bonds. The molecule has 1 saturated heterocycles. The number of hydrogen-bond acceptors (Lipinski definition) is 6. The molecule has 2 N–H and O–H groups in total. The molecule has 3 heterocycles. The van der Waals surface area contributed by atoms with E-state index in [1.165, 1.54) is 16.5 Å². The van der Waals surface area contributed by atoms with E-state index in [4.69, 9.17) is 5.73 Å². The molecular formula is C21H27N5OS. The summed E-state index contributed by atoms with van der Waals surface area (Å²) in [5.74, 6) is 0.794.